The van der Waals surface area contributed by atoms with Crippen molar-refractivity contribution in [1.82, 2.24) is 4.90 Å². The molecule has 1 saturated heterocycles. The van der Waals surface area contributed by atoms with Crippen LogP contribution in [0.15, 0.2) is 89.9 Å². The molecule has 45 heavy (non-hydrogen) atoms. The molecule has 1 N–H and O–H groups in total. The number of nitro benzene ring substituents is 1. The maximum atomic E-state index is 14.8. The van der Waals surface area contributed by atoms with Crippen LogP contribution in [0.2, 0.25) is 0 Å². The monoisotopic (exact) mass is 647 g/mol. The van der Waals surface area contributed by atoms with Crippen LogP contribution in [0.25, 0.3) is 0 Å². The average molecular weight is 648 g/mol. The number of benzene rings is 3. The summed E-state index contributed by atoms with van der Waals surface area (Å²) in [4.78, 5) is 27.5. The van der Waals surface area contributed by atoms with Crippen molar-refractivity contribution in [3.05, 3.63) is 106 Å². The van der Waals surface area contributed by atoms with Gasteiger partial charge in [0.25, 0.3) is 5.69 Å². The molecule has 6 atom stereocenters. The number of hydrogen-bond acceptors (Lipinski definition) is 9. The van der Waals surface area contributed by atoms with Gasteiger partial charge in [-0.3, -0.25) is 20.0 Å². The van der Waals surface area contributed by atoms with Crippen molar-refractivity contribution >= 4 is 28.7 Å². The van der Waals surface area contributed by atoms with Crippen LogP contribution in [0.3, 0.4) is 0 Å². The first kappa shape index (κ1) is 32.2. The third-order valence-electron chi connectivity index (χ3n) is 7.11. The highest BCUT2D eigenvalue weighted by Gasteiger charge is 2.59. The van der Waals surface area contributed by atoms with Crippen LogP contribution in [-0.4, -0.2) is 75.3 Å². The summed E-state index contributed by atoms with van der Waals surface area (Å²) in [6.45, 7) is -0.106. The minimum absolute atomic E-state index is 0.00315. The first-order valence-electron chi connectivity index (χ1n) is 13.7. The largest absolute Gasteiger partial charge is 0.478 e. The summed E-state index contributed by atoms with van der Waals surface area (Å²) in [5.41, 5.74) is 0.0201. The fraction of sp³-hybridized carbons (Fsp3) is 0.333. The minimum Gasteiger partial charge on any atom is -0.478 e. The number of rotatable bonds is 10. The lowest BCUT2D eigenvalue weighted by Crippen LogP contribution is -2.63. The third kappa shape index (κ3) is 7.73. The molecule has 1 fully saturated rings. The van der Waals surface area contributed by atoms with Crippen LogP contribution < -0.4 is 4.74 Å². The van der Waals surface area contributed by atoms with Crippen molar-refractivity contribution < 1.29 is 46.9 Å². The molecular weight excluding hydrogens is 619 g/mol. The predicted molar refractivity (Wildman–Crippen MR) is 157 cm³/mol. The van der Waals surface area contributed by atoms with E-state index in [1.807, 2.05) is 6.07 Å². The van der Waals surface area contributed by atoms with E-state index in [1.165, 1.54) is 7.05 Å². The van der Waals surface area contributed by atoms with Gasteiger partial charge >= 0.3 is 12.3 Å². The molecule has 5 rings (SSSR count). The Bertz CT molecular complexity index is 1500. The summed E-state index contributed by atoms with van der Waals surface area (Å²) < 4.78 is 68.4. The topological polar surface area (TPSA) is 133 Å². The number of alkyl halides is 3. The molecule has 0 bridgehead atoms. The molecule has 2 aliphatic heterocycles. The number of thioether (sulfide) groups is 1. The molecule has 0 aliphatic carbocycles. The Morgan fingerprint density at radius 3 is 2.07 bits per heavy atom. The summed E-state index contributed by atoms with van der Waals surface area (Å²) in [6, 6.07) is 21.1. The van der Waals surface area contributed by atoms with E-state index in [9.17, 15) is 33.2 Å². The summed E-state index contributed by atoms with van der Waals surface area (Å²) >= 11 is 0.856. The molecule has 0 radical (unpaired) electrons. The summed E-state index contributed by atoms with van der Waals surface area (Å²) in [6.07, 6.45) is -13.3. The number of non-ortho nitro benzene ring substituents is 1. The van der Waals surface area contributed by atoms with Gasteiger partial charge in [0.1, 0.15) is 35.5 Å². The minimum atomic E-state index is -5.00. The number of amides is 1. The molecule has 2 aliphatic rings. The number of hydrogen-bond donors (Lipinski definition) is 1. The molecule has 3 aromatic carbocycles. The Kier molecular flexibility index (Phi) is 9.92. The second kappa shape index (κ2) is 13.9. The zero-order chi connectivity index (χ0) is 32.1. The van der Waals surface area contributed by atoms with Crippen LogP contribution in [-0.2, 0) is 27.4 Å². The van der Waals surface area contributed by atoms with E-state index in [4.69, 9.17) is 18.9 Å². The molecule has 2 heterocycles. The van der Waals surface area contributed by atoms with Crippen LogP contribution in [0.5, 0.6) is 5.75 Å². The number of carbonyl (C=O) groups is 1. The van der Waals surface area contributed by atoms with Gasteiger partial charge in [-0.25, -0.2) is 4.79 Å². The second-order valence-corrected chi connectivity index (χ2v) is 11.2. The zero-order valence-corrected chi connectivity index (χ0v) is 24.5. The summed E-state index contributed by atoms with van der Waals surface area (Å²) in [5.74, 6) is -0.279. The van der Waals surface area contributed by atoms with E-state index in [0.717, 1.165) is 46.5 Å². The standard InChI is InChI=1S/C30H28F3N3O8S/c1-35(29(37)38)28-34-22-23(41-16-18-8-4-2-5-9-18)24(42-17-19-10-6-3-7-11-19)25(44-27(22)45-28)26(30(31,32)33)43-21-14-12-20(13-15-21)36(39)40/h2-15,22-27H,16-17H2,1H3,(H,37,38)/t22-,23-,24+,25+,26-,27-/m1/s1. The quantitative estimate of drug-likeness (QED) is 0.212. The Morgan fingerprint density at radius 1 is 1.00 bits per heavy atom. The molecule has 0 unspecified atom stereocenters. The number of halogens is 3. The van der Waals surface area contributed by atoms with Gasteiger partial charge in [-0.1, -0.05) is 72.4 Å². The number of nitrogens with zero attached hydrogens (tertiary/aromatic N) is 3. The molecule has 1 amide bonds. The van der Waals surface area contributed by atoms with E-state index in [1.54, 1.807) is 54.6 Å². The lowest BCUT2D eigenvalue weighted by molar-refractivity contribution is -0.384. The van der Waals surface area contributed by atoms with Crippen LogP contribution in [0.4, 0.5) is 23.7 Å². The lowest BCUT2D eigenvalue weighted by atomic mass is 9.93. The Balaban J connectivity index is 1.53. The lowest BCUT2D eigenvalue weighted by Gasteiger charge is -2.45. The van der Waals surface area contributed by atoms with Crippen LogP contribution in [0.1, 0.15) is 11.1 Å². The molecule has 0 aromatic heterocycles. The predicted octanol–water partition coefficient (Wildman–Crippen LogP) is 5.88. The van der Waals surface area contributed by atoms with E-state index in [2.05, 4.69) is 4.99 Å². The maximum absolute atomic E-state index is 14.8. The molecule has 0 saturated carbocycles. The van der Waals surface area contributed by atoms with E-state index in [-0.39, 0.29) is 29.8 Å². The average Bonchev–Trinajstić information content (AvgIpc) is 3.45. The summed E-state index contributed by atoms with van der Waals surface area (Å²) in [5, 5.41) is 20.6. The molecule has 15 heteroatoms. The second-order valence-electron chi connectivity index (χ2n) is 10.2. The number of carboxylic acid groups (broad SMARTS) is 1. The van der Waals surface area contributed by atoms with E-state index < -0.39 is 53.1 Å². The van der Waals surface area contributed by atoms with Gasteiger partial charge < -0.3 is 24.1 Å². The van der Waals surface area contributed by atoms with Gasteiger partial charge in [0.05, 0.1) is 18.1 Å². The van der Waals surface area contributed by atoms with Crippen molar-refractivity contribution in [1.29, 1.82) is 0 Å². The van der Waals surface area contributed by atoms with Crippen molar-refractivity contribution in [2.75, 3.05) is 7.05 Å². The normalized spacial score (nSPS) is 23.5. The van der Waals surface area contributed by atoms with Gasteiger partial charge in [0.15, 0.2) is 5.17 Å². The maximum Gasteiger partial charge on any atom is 0.428 e. The van der Waals surface area contributed by atoms with Crippen molar-refractivity contribution in [2.24, 2.45) is 4.99 Å². The van der Waals surface area contributed by atoms with Gasteiger partial charge in [-0.2, -0.15) is 13.2 Å². The zero-order valence-electron chi connectivity index (χ0n) is 23.6. The molecule has 0 spiro atoms. The van der Waals surface area contributed by atoms with Crippen molar-refractivity contribution in [3.8, 4) is 5.75 Å². The third-order valence-corrected chi connectivity index (χ3v) is 8.32. The number of amidine groups is 1. The number of ether oxygens (including phenoxy) is 4. The SMILES string of the molecule is CN(C(=O)O)C1=N[C@@H]2[C@@H](OCc3ccccc3)[C@H](OCc3ccccc3)[C@@H]([C@@H](Oc3ccc([N+](=O)[O-])cc3)C(F)(F)F)O[C@@H]2S1. The van der Waals surface area contributed by atoms with E-state index in [0.29, 0.717) is 5.56 Å². The fourth-order valence-electron chi connectivity index (χ4n) is 4.86. The Morgan fingerprint density at radius 2 is 1.56 bits per heavy atom. The highest BCUT2D eigenvalue weighted by atomic mass is 32.2. The van der Waals surface area contributed by atoms with Crippen molar-refractivity contribution in [2.45, 2.75) is 55.3 Å². The molecule has 11 nitrogen and oxygen atoms in total. The Labute approximate surface area is 259 Å². The van der Waals surface area contributed by atoms with Crippen LogP contribution >= 0.6 is 11.8 Å². The van der Waals surface area contributed by atoms with Gasteiger partial charge in [0, 0.05) is 19.2 Å². The van der Waals surface area contributed by atoms with Gasteiger partial charge in [-0.15, -0.1) is 0 Å². The van der Waals surface area contributed by atoms with E-state index >= 15 is 0 Å². The van der Waals surface area contributed by atoms with Crippen molar-refractivity contribution in [3.63, 3.8) is 0 Å². The summed E-state index contributed by atoms with van der Waals surface area (Å²) in [7, 11) is 1.27. The molecule has 3 aromatic rings. The number of aliphatic imine (C=N–C) groups is 1. The first-order valence-corrected chi connectivity index (χ1v) is 14.5. The smallest absolute Gasteiger partial charge is 0.428 e. The Hall–Kier alpha value is -4.18. The first-order chi connectivity index (χ1) is 21.5. The highest BCUT2D eigenvalue weighted by Crippen LogP contribution is 2.43. The van der Waals surface area contributed by atoms with Gasteiger partial charge in [-0.05, 0) is 23.3 Å². The molecular formula is C30H28F3N3O8S. The number of fused-ring (bicyclic) bond motifs is 1. The molecule has 238 valence electrons. The van der Waals surface area contributed by atoms with Gasteiger partial charge in [0.2, 0.25) is 6.10 Å². The number of nitro groups is 1. The van der Waals surface area contributed by atoms with Crippen LogP contribution in [0, 0.1) is 10.1 Å². The highest BCUT2D eigenvalue weighted by molar-refractivity contribution is 8.14. The fourth-order valence-corrected chi connectivity index (χ4v) is 6.03.